The summed E-state index contributed by atoms with van der Waals surface area (Å²) in [5.74, 6) is 2.46. The van der Waals surface area contributed by atoms with Gasteiger partial charge < -0.3 is 10.4 Å². The van der Waals surface area contributed by atoms with Gasteiger partial charge in [0.15, 0.2) is 0 Å². The van der Waals surface area contributed by atoms with Crippen molar-refractivity contribution in [3.05, 3.63) is 0 Å². The first kappa shape index (κ1) is 8.48. The highest BCUT2D eigenvalue weighted by Gasteiger charge is 1.95. The zero-order valence-corrected chi connectivity index (χ0v) is 5.72. The highest BCUT2D eigenvalue weighted by Crippen LogP contribution is 1.85. The molecule has 2 nitrogen and oxygen atoms in total. The van der Waals surface area contributed by atoms with Gasteiger partial charge in [-0.1, -0.05) is 5.92 Å². The third-order valence-corrected chi connectivity index (χ3v) is 1.11. The first-order valence-electron chi connectivity index (χ1n) is 3.09. The van der Waals surface area contributed by atoms with Crippen molar-refractivity contribution in [2.24, 2.45) is 0 Å². The van der Waals surface area contributed by atoms with Crippen molar-refractivity contribution in [3.63, 3.8) is 0 Å². The number of nitrogens with one attached hydrogen (secondary N) is 1. The maximum Gasteiger partial charge on any atom is 0.0575 e. The molecule has 0 aromatic rings. The van der Waals surface area contributed by atoms with Crippen LogP contribution in [0, 0.1) is 12.3 Å². The molecule has 0 fully saturated rings. The van der Waals surface area contributed by atoms with Crippen LogP contribution in [-0.4, -0.2) is 24.3 Å². The van der Waals surface area contributed by atoms with Crippen molar-refractivity contribution >= 4 is 0 Å². The third-order valence-electron chi connectivity index (χ3n) is 1.11. The molecular weight excluding hydrogens is 114 g/mol. The van der Waals surface area contributed by atoms with Crippen molar-refractivity contribution < 1.29 is 5.11 Å². The molecule has 52 valence electrons. The summed E-state index contributed by atoms with van der Waals surface area (Å²) in [4.78, 5) is 0. The molecule has 2 N–H and O–H groups in total. The fourth-order valence-corrected chi connectivity index (χ4v) is 0.529. The van der Waals surface area contributed by atoms with Gasteiger partial charge in [-0.25, -0.2) is 0 Å². The maximum absolute atomic E-state index is 8.44. The van der Waals surface area contributed by atoms with Gasteiger partial charge in [-0.15, -0.1) is 6.42 Å². The number of hydrogen-bond acceptors (Lipinski definition) is 2. The SMILES string of the molecule is C#CCN[C@@H](C)CCO. The minimum absolute atomic E-state index is 0.221. The average Bonchev–Trinajstić information content (AvgIpc) is 1.85. The first-order chi connectivity index (χ1) is 4.31. The molecule has 0 heterocycles. The summed E-state index contributed by atoms with van der Waals surface area (Å²) in [6, 6.07) is 0.325. The molecule has 1 atom stereocenters. The molecule has 0 saturated carbocycles. The van der Waals surface area contributed by atoms with Gasteiger partial charge >= 0.3 is 0 Å². The van der Waals surface area contributed by atoms with Crippen LogP contribution in [0.3, 0.4) is 0 Å². The Labute approximate surface area is 56.3 Å². The van der Waals surface area contributed by atoms with Crippen molar-refractivity contribution in [1.29, 1.82) is 0 Å². The molecule has 0 aromatic carbocycles. The fraction of sp³-hybridized carbons (Fsp3) is 0.714. The Morgan fingerprint density at radius 3 is 2.89 bits per heavy atom. The Bertz CT molecular complexity index is 95.6. The zero-order chi connectivity index (χ0) is 7.11. The Morgan fingerprint density at radius 1 is 1.78 bits per heavy atom. The van der Waals surface area contributed by atoms with Gasteiger partial charge in [0.25, 0.3) is 0 Å². The van der Waals surface area contributed by atoms with E-state index in [0.717, 1.165) is 6.42 Å². The van der Waals surface area contributed by atoms with Crippen molar-refractivity contribution in [3.8, 4) is 12.3 Å². The lowest BCUT2D eigenvalue weighted by atomic mass is 10.2. The van der Waals surface area contributed by atoms with Crippen LogP contribution in [0.25, 0.3) is 0 Å². The number of aliphatic hydroxyl groups excluding tert-OH is 1. The number of aliphatic hydroxyl groups is 1. The van der Waals surface area contributed by atoms with E-state index in [2.05, 4.69) is 11.2 Å². The second-order valence-electron chi connectivity index (χ2n) is 2.00. The molecule has 2 heteroatoms. The summed E-state index contributed by atoms with van der Waals surface area (Å²) in [5, 5.41) is 11.5. The van der Waals surface area contributed by atoms with Crippen molar-refractivity contribution in [1.82, 2.24) is 5.32 Å². The second-order valence-corrected chi connectivity index (χ2v) is 2.00. The first-order valence-corrected chi connectivity index (χ1v) is 3.09. The summed E-state index contributed by atoms with van der Waals surface area (Å²) in [5.41, 5.74) is 0. The monoisotopic (exact) mass is 127 g/mol. The van der Waals surface area contributed by atoms with E-state index in [4.69, 9.17) is 11.5 Å². The van der Waals surface area contributed by atoms with E-state index in [1.807, 2.05) is 6.92 Å². The van der Waals surface area contributed by atoms with Gasteiger partial charge in [-0.3, -0.25) is 0 Å². The normalized spacial score (nSPS) is 12.6. The Balaban J connectivity index is 3.07. The summed E-state index contributed by atoms with van der Waals surface area (Å²) in [6.45, 7) is 2.80. The van der Waals surface area contributed by atoms with Gasteiger partial charge in [-0.2, -0.15) is 0 Å². The Morgan fingerprint density at radius 2 is 2.44 bits per heavy atom. The molecule has 0 aliphatic heterocycles. The van der Waals surface area contributed by atoms with Crippen LogP contribution < -0.4 is 5.32 Å². The van der Waals surface area contributed by atoms with Crippen LogP contribution in [0.4, 0.5) is 0 Å². The van der Waals surface area contributed by atoms with Crippen molar-refractivity contribution in [2.75, 3.05) is 13.2 Å². The van der Waals surface area contributed by atoms with E-state index in [-0.39, 0.29) is 6.61 Å². The number of hydrogen-bond donors (Lipinski definition) is 2. The van der Waals surface area contributed by atoms with Crippen LogP contribution in [0.15, 0.2) is 0 Å². The molecule has 0 aromatic heterocycles. The molecule has 0 aliphatic carbocycles. The van der Waals surface area contributed by atoms with Crippen LogP contribution in [0.2, 0.25) is 0 Å². The van der Waals surface area contributed by atoms with E-state index in [0.29, 0.717) is 12.6 Å². The quantitative estimate of drug-likeness (QED) is 0.520. The predicted molar refractivity (Wildman–Crippen MR) is 38.0 cm³/mol. The molecule has 0 bridgehead atoms. The number of terminal acetylenes is 1. The van der Waals surface area contributed by atoms with Crippen LogP contribution in [-0.2, 0) is 0 Å². The van der Waals surface area contributed by atoms with Gasteiger partial charge in [0, 0.05) is 12.6 Å². The molecule has 0 rings (SSSR count). The van der Waals surface area contributed by atoms with E-state index >= 15 is 0 Å². The highest BCUT2D eigenvalue weighted by atomic mass is 16.3. The summed E-state index contributed by atoms with van der Waals surface area (Å²) < 4.78 is 0. The van der Waals surface area contributed by atoms with Gasteiger partial charge in [0.1, 0.15) is 0 Å². The minimum Gasteiger partial charge on any atom is -0.396 e. The third kappa shape index (κ3) is 5.35. The minimum atomic E-state index is 0.221. The number of rotatable bonds is 4. The largest absolute Gasteiger partial charge is 0.396 e. The molecule has 0 saturated heterocycles. The average molecular weight is 127 g/mol. The lowest BCUT2D eigenvalue weighted by molar-refractivity contribution is 0.271. The van der Waals surface area contributed by atoms with Gasteiger partial charge in [0.2, 0.25) is 0 Å². The topological polar surface area (TPSA) is 32.3 Å². The highest BCUT2D eigenvalue weighted by molar-refractivity contribution is 4.87. The van der Waals surface area contributed by atoms with Crippen LogP contribution in [0.5, 0.6) is 0 Å². The molecule has 0 spiro atoms. The van der Waals surface area contributed by atoms with E-state index in [1.54, 1.807) is 0 Å². The van der Waals surface area contributed by atoms with E-state index in [1.165, 1.54) is 0 Å². The van der Waals surface area contributed by atoms with Gasteiger partial charge in [0.05, 0.1) is 6.54 Å². The van der Waals surface area contributed by atoms with E-state index in [9.17, 15) is 0 Å². The molecule has 0 amide bonds. The molecule has 0 unspecified atom stereocenters. The Hall–Kier alpha value is -0.520. The molecule has 0 radical (unpaired) electrons. The van der Waals surface area contributed by atoms with Crippen LogP contribution >= 0.6 is 0 Å². The van der Waals surface area contributed by atoms with E-state index < -0.39 is 0 Å². The smallest absolute Gasteiger partial charge is 0.0575 e. The molecule has 9 heavy (non-hydrogen) atoms. The fourth-order valence-electron chi connectivity index (χ4n) is 0.529. The zero-order valence-electron chi connectivity index (χ0n) is 5.72. The lowest BCUT2D eigenvalue weighted by Gasteiger charge is -2.07. The standard InChI is InChI=1S/C7H13NO/c1-3-5-8-7(2)4-6-9/h1,7-9H,4-6H2,2H3/t7-/m0/s1. The summed E-state index contributed by atoms with van der Waals surface area (Å²) in [6.07, 6.45) is 5.76. The van der Waals surface area contributed by atoms with Gasteiger partial charge in [-0.05, 0) is 13.3 Å². The van der Waals surface area contributed by atoms with Crippen molar-refractivity contribution in [2.45, 2.75) is 19.4 Å². The lowest BCUT2D eigenvalue weighted by Crippen LogP contribution is -2.26. The van der Waals surface area contributed by atoms with Crippen LogP contribution in [0.1, 0.15) is 13.3 Å². The predicted octanol–water partition coefficient (Wildman–Crippen LogP) is -0.0199. The molecule has 0 aliphatic rings. The Kier molecular flexibility index (Phi) is 5.29. The second kappa shape index (κ2) is 5.61. The molecular formula is C7H13NO. The summed E-state index contributed by atoms with van der Waals surface area (Å²) >= 11 is 0. The summed E-state index contributed by atoms with van der Waals surface area (Å²) in [7, 11) is 0. The maximum atomic E-state index is 8.44.